The Bertz CT molecular complexity index is 269. The molecule has 0 unspecified atom stereocenters. The SMILES string of the molecule is COC(=O)Cc1ncc(CN)[nH]1. The summed E-state index contributed by atoms with van der Waals surface area (Å²) >= 11 is 0. The zero-order chi connectivity index (χ0) is 8.97. The summed E-state index contributed by atoms with van der Waals surface area (Å²) in [4.78, 5) is 17.6. The summed E-state index contributed by atoms with van der Waals surface area (Å²) in [5, 5.41) is 0. The van der Waals surface area contributed by atoms with Crippen molar-refractivity contribution >= 4 is 5.97 Å². The van der Waals surface area contributed by atoms with Gasteiger partial charge in [-0.2, -0.15) is 0 Å². The Balaban J connectivity index is 2.58. The van der Waals surface area contributed by atoms with Crippen molar-refractivity contribution in [3.63, 3.8) is 0 Å². The zero-order valence-corrected chi connectivity index (χ0v) is 6.83. The smallest absolute Gasteiger partial charge is 0.313 e. The maximum atomic E-state index is 10.8. The van der Waals surface area contributed by atoms with E-state index in [0.717, 1.165) is 5.69 Å². The molecule has 0 saturated carbocycles. The minimum Gasteiger partial charge on any atom is -0.469 e. The first-order valence-corrected chi connectivity index (χ1v) is 3.56. The molecule has 12 heavy (non-hydrogen) atoms. The highest BCUT2D eigenvalue weighted by molar-refractivity contribution is 5.71. The molecule has 0 saturated heterocycles. The number of carbonyl (C=O) groups excluding carboxylic acids is 1. The normalized spacial score (nSPS) is 9.83. The van der Waals surface area contributed by atoms with Crippen LogP contribution in [-0.4, -0.2) is 23.0 Å². The fourth-order valence-corrected chi connectivity index (χ4v) is 0.808. The number of aromatic amines is 1. The van der Waals surface area contributed by atoms with Crippen LogP contribution in [0.3, 0.4) is 0 Å². The van der Waals surface area contributed by atoms with E-state index in [-0.39, 0.29) is 12.4 Å². The molecule has 3 N–H and O–H groups in total. The van der Waals surface area contributed by atoms with Crippen molar-refractivity contribution < 1.29 is 9.53 Å². The molecule has 5 nitrogen and oxygen atoms in total. The molecular formula is C7H11N3O2. The van der Waals surface area contributed by atoms with E-state index >= 15 is 0 Å². The molecule has 0 aliphatic rings. The molecule has 1 aromatic rings. The fraction of sp³-hybridized carbons (Fsp3) is 0.429. The van der Waals surface area contributed by atoms with Gasteiger partial charge in [-0.1, -0.05) is 0 Å². The largest absolute Gasteiger partial charge is 0.469 e. The van der Waals surface area contributed by atoms with Crippen LogP contribution >= 0.6 is 0 Å². The summed E-state index contributed by atoms with van der Waals surface area (Å²) < 4.78 is 4.47. The number of H-pyrrole nitrogens is 1. The Morgan fingerprint density at radius 1 is 1.83 bits per heavy atom. The Kier molecular flexibility index (Phi) is 2.82. The first kappa shape index (κ1) is 8.73. The minimum atomic E-state index is -0.312. The van der Waals surface area contributed by atoms with Gasteiger partial charge in [0.1, 0.15) is 12.2 Å². The van der Waals surface area contributed by atoms with E-state index in [4.69, 9.17) is 5.73 Å². The number of carbonyl (C=O) groups is 1. The predicted octanol–water partition coefficient (Wildman–Crippen LogP) is -0.416. The molecule has 0 fully saturated rings. The second-order valence-electron chi connectivity index (χ2n) is 2.31. The van der Waals surface area contributed by atoms with Gasteiger partial charge >= 0.3 is 5.97 Å². The summed E-state index contributed by atoms with van der Waals surface area (Å²) in [5.74, 6) is 0.273. The number of hydrogen-bond donors (Lipinski definition) is 2. The van der Waals surface area contributed by atoms with Gasteiger partial charge in [0.05, 0.1) is 7.11 Å². The van der Waals surface area contributed by atoms with Gasteiger partial charge in [-0.05, 0) is 0 Å². The van der Waals surface area contributed by atoms with Crippen molar-refractivity contribution in [3.05, 3.63) is 17.7 Å². The molecule has 1 aromatic heterocycles. The first-order valence-electron chi connectivity index (χ1n) is 3.56. The van der Waals surface area contributed by atoms with Crippen LogP contribution in [0, 0.1) is 0 Å². The quantitative estimate of drug-likeness (QED) is 0.602. The molecular weight excluding hydrogens is 158 g/mol. The van der Waals surface area contributed by atoms with Gasteiger partial charge < -0.3 is 15.5 Å². The van der Waals surface area contributed by atoms with Crippen molar-refractivity contribution in [1.82, 2.24) is 9.97 Å². The average Bonchev–Trinajstić information content (AvgIpc) is 2.52. The lowest BCUT2D eigenvalue weighted by Crippen LogP contribution is -2.06. The molecule has 0 aliphatic carbocycles. The molecule has 0 aromatic carbocycles. The predicted molar refractivity (Wildman–Crippen MR) is 42.2 cm³/mol. The highest BCUT2D eigenvalue weighted by atomic mass is 16.5. The number of nitrogens with two attached hydrogens (primary N) is 1. The first-order chi connectivity index (χ1) is 5.76. The van der Waals surface area contributed by atoms with Crippen LogP contribution < -0.4 is 5.73 Å². The lowest BCUT2D eigenvalue weighted by molar-refractivity contribution is -0.139. The fourth-order valence-electron chi connectivity index (χ4n) is 0.808. The van der Waals surface area contributed by atoms with Crippen LogP contribution in [0.5, 0.6) is 0 Å². The van der Waals surface area contributed by atoms with Crippen LogP contribution in [-0.2, 0) is 22.5 Å². The Morgan fingerprint density at radius 3 is 3.08 bits per heavy atom. The monoisotopic (exact) mass is 169 g/mol. The molecule has 0 atom stereocenters. The Morgan fingerprint density at radius 2 is 2.58 bits per heavy atom. The topological polar surface area (TPSA) is 81.0 Å². The van der Waals surface area contributed by atoms with Crippen molar-refractivity contribution in [2.45, 2.75) is 13.0 Å². The van der Waals surface area contributed by atoms with Crippen LogP contribution in [0.25, 0.3) is 0 Å². The summed E-state index contributed by atoms with van der Waals surface area (Å²) in [5.41, 5.74) is 6.15. The van der Waals surface area contributed by atoms with E-state index in [1.165, 1.54) is 7.11 Å². The van der Waals surface area contributed by atoms with Crippen LogP contribution in [0.15, 0.2) is 6.20 Å². The highest BCUT2D eigenvalue weighted by Gasteiger charge is 2.05. The van der Waals surface area contributed by atoms with Gasteiger partial charge in [-0.3, -0.25) is 4.79 Å². The van der Waals surface area contributed by atoms with E-state index < -0.39 is 0 Å². The number of ether oxygens (including phenoxy) is 1. The zero-order valence-electron chi connectivity index (χ0n) is 6.83. The van der Waals surface area contributed by atoms with Crippen LogP contribution in [0.1, 0.15) is 11.5 Å². The number of imidazole rings is 1. The highest BCUT2D eigenvalue weighted by Crippen LogP contribution is 1.97. The summed E-state index contributed by atoms with van der Waals surface area (Å²) in [6.45, 7) is 0.397. The lowest BCUT2D eigenvalue weighted by atomic mass is 10.4. The van der Waals surface area contributed by atoms with Gasteiger partial charge in [-0.25, -0.2) is 4.98 Å². The van der Waals surface area contributed by atoms with E-state index in [1.54, 1.807) is 6.20 Å². The summed E-state index contributed by atoms with van der Waals surface area (Å²) in [7, 11) is 1.34. The second kappa shape index (κ2) is 3.87. The number of nitrogens with zero attached hydrogens (tertiary/aromatic N) is 1. The van der Waals surface area contributed by atoms with Crippen LogP contribution in [0.2, 0.25) is 0 Å². The van der Waals surface area contributed by atoms with Gasteiger partial charge in [0.2, 0.25) is 0 Å². The number of methoxy groups -OCH3 is 1. The van der Waals surface area contributed by atoms with Crippen molar-refractivity contribution in [3.8, 4) is 0 Å². The van der Waals surface area contributed by atoms with Gasteiger partial charge in [0.15, 0.2) is 0 Å². The second-order valence-corrected chi connectivity index (χ2v) is 2.31. The van der Waals surface area contributed by atoms with Crippen LogP contribution in [0.4, 0.5) is 0 Å². The molecule has 5 heteroatoms. The number of hydrogen-bond acceptors (Lipinski definition) is 4. The molecule has 0 radical (unpaired) electrons. The van der Waals surface area contributed by atoms with Crippen molar-refractivity contribution in [1.29, 1.82) is 0 Å². The maximum Gasteiger partial charge on any atom is 0.313 e. The van der Waals surface area contributed by atoms with Gasteiger partial charge in [-0.15, -0.1) is 0 Å². The van der Waals surface area contributed by atoms with Crippen molar-refractivity contribution in [2.24, 2.45) is 5.73 Å². The third-order valence-corrected chi connectivity index (χ3v) is 1.44. The molecule has 1 heterocycles. The minimum absolute atomic E-state index is 0.163. The summed E-state index contributed by atoms with van der Waals surface area (Å²) in [6.07, 6.45) is 1.77. The Hall–Kier alpha value is -1.36. The summed E-state index contributed by atoms with van der Waals surface area (Å²) in [6, 6.07) is 0. The van der Waals surface area contributed by atoms with Gasteiger partial charge in [0, 0.05) is 18.4 Å². The van der Waals surface area contributed by atoms with E-state index in [9.17, 15) is 4.79 Å². The molecule has 66 valence electrons. The number of aromatic nitrogens is 2. The average molecular weight is 169 g/mol. The molecule has 0 aliphatic heterocycles. The number of nitrogens with one attached hydrogen (secondary N) is 1. The molecule has 0 bridgehead atoms. The molecule has 0 spiro atoms. The molecule has 0 amide bonds. The maximum absolute atomic E-state index is 10.8. The third-order valence-electron chi connectivity index (χ3n) is 1.44. The Labute approximate surface area is 69.9 Å². The number of esters is 1. The lowest BCUT2D eigenvalue weighted by Gasteiger charge is -1.94. The van der Waals surface area contributed by atoms with Crippen molar-refractivity contribution in [2.75, 3.05) is 7.11 Å². The standard InChI is InChI=1S/C7H11N3O2/c1-12-7(11)2-6-9-4-5(3-8)10-6/h4H,2-3,8H2,1H3,(H,9,10). The van der Waals surface area contributed by atoms with E-state index in [0.29, 0.717) is 12.4 Å². The van der Waals surface area contributed by atoms with Gasteiger partial charge in [0.25, 0.3) is 0 Å². The third kappa shape index (κ3) is 2.06. The number of rotatable bonds is 3. The van der Waals surface area contributed by atoms with E-state index in [2.05, 4.69) is 14.7 Å². The van der Waals surface area contributed by atoms with E-state index in [1.807, 2.05) is 0 Å². The molecule has 1 rings (SSSR count).